The van der Waals surface area contributed by atoms with Gasteiger partial charge in [0.05, 0.1) is 39.9 Å². The number of allylic oxidation sites excluding steroid dienone is 3. The number of nitrogens with zero attached hydrogens (tertiary/aromatic N) is 1. The number of nitrogens with one attached hydrogen (secondary N) is 1. The molecule has 0 aliphatic rings. The van der Waals surface area contributed by atoms with E-state index in [4.69, 9.17) is 9.05 Å². The number of quaternary nitrogens is 1. The first kappa shape index (κ1) is 70.0. The lowest BCUT2D eigenvalue weighted by molar-refractivity contribution is -0.870. The Morgan fingerprint density at radius 2 is 0.775 bits per heavy atom. The van der Waals surface area contributed by atoms with Gasteiger partial charge < -0.3 is 19.8 Å². The molecule has 3 N–H and O–H groups in total. The highest BCUT2D eigenvalue weighted by atomic mass is 31.2. The standard InChI is InChI=1S/C62H123N2O6P/c1-6-8-10-12-14-16-18-20-22-24-26-28-30-31-32-34-35-37-39-41-43-45-47-49-51-53-55-61(65)60(59-70-71(67,68)69-58-57-64(3,4)5)63-62(66)56-54-52-50-48-46-44-42-40-38-36-33-29-27-25-23-21-19-17-15-13-11-9-7-2/h45,47,53,55,60-61,65H,6-44,46,48-52,54,56-59H2,1-5H3,(H-,63,66,67,68)/p+1/b47-45+,55-53+. The fourth-order valence-corrected chi connectivity index (χ4v) is 10.3. The number of likely N-dealkylation sites (N-methyl/N-ethyl adjacent to an activating group) is 1. The van der Waals surface area contributed by atoms with Gasteiger partial charge in [0.1, 0.15) is 13.2 Å². The van der Waals surface area contributed by atoms with Crippen LogP contribution in [0.25, 0.3) is 0 Å². The quantitative estimate of drug-likeness (QED) is 0.0243. The van der Waals surface area contributed by atoms with E-state index in [1.165, 1.54) is 257 Å². The van der Waals surface area contributed by atoms with E-state index in [-0.39, 0.29) is 19.1 Å². The maximum atomic E-state index is 13.0. The molecule has 3 atom stereocenters. The molecule has 0 saturated carbocycles. The second-order valence-electron chi connectivity index (χ2n) is 22.8. The molecule has 3 unspecified atom stereocenters. The van der Waals surface area contributed by atoms with Gasteiger partial charge in [0.2, 0.25) is 5.91 Å². The largest absolute Gasteiger partial charge is 0.472 e. The van der Waals surface area contributed by atoms with Crippen molar-refractivity contribution in [2.45, 2.75) is 328 Å². The van der Waals surface area contributed by atoms with Crippen molar-refractivity contribution in [3.05, 3.63) is 24.3 Å². The van der Waals surface area contributed by atoms with Crippen molar-refractivity contribution < 1.29 is 32.9 Å². The number of rotatable bonds is 58. The Morgan fingerprint density at radius 1 is 0.465 bits per heavy atom. The van der Waals surface area contributed by atoms with Crippen molar-refractivity contribution >= 4 is 13.7 Å². The van der Waals surface area contributed by atoms with Gasteiger partial charge in [-0.3, -0.25) is 13.8 Å². The summed E-state index contributed by atoms with van der Waals surface area (Å²) in [6.07, 6.45) is 68.7. The maximum absolute atomic E-state index is 13.0. The first-order valence-electron chi connectivity index (χ1n) is 31.2. The van der Waals surface area contributed by atoms with Gasteiger partial charge in [-0.15, -0.1) is 0 Å². The van der Waals surface area contributed by atoms with Gasteiger partial charge in [0.25, 0.3) is 0 Å². The summed E-state index contributed by atoms with van der Waals surface area (Å²) in [4.78, 5) is 23.3. The van der Waals surface area contributed by atoms with Crippen LogP contribution in [0.2, 0.25) is 0 Å². The summed E-state index contributed by atoms with van der Waals surface area (Å²) in [5.74, 6) is -0.179. The fraction of sp³-hybridized carbons (Fsp3) is 0.919. The lowest BCUT2D eigenvalue weighted by Gasteiger charge is -2.25. The number of hydrogen-bond donors (Lipinski definition) is 3. The van der Waals surface area contributed by atoms with Gasteiger partial charge >= 0.3 is 7.82 Å². The number of phosphoric acid groups is 1. The van der Waals surface area contributed by atoms with Gasteiger partial charge in [-0.1, -0.05) is 301 Å². The summed E-state index contributed by atoms with van der Waals surface area (Å²) in [6, 6.07) is -0.861. The van der Waals surface area contributed by atoms with Gasteiger partial charge in [-0.2, -0.15) is 0 Å². The normalized spacial score (nSPS) is 14.0. The van der Waals surface area contributed by atoms with Crippen LogP contribution in [0.15, 0.2) is 24.3 Å². The predicted molar refractivity (Wildman–Crippen MR) is 309 cm³/mol. The number of aliphatic hydroxyl groups excluding tert-OH is 1. The summed E-state index contributed by atoms with van der Waals surface area (Å²) in [6.45, 7) is 4.85. The van der Waals surface area contributed by atoms with Crippen LogP contribution in [0.4, 0.5) is 0 Å². The minimum atomic E-state index is -4.35. The molecule has 0 rings (SSSR count). The number of unbranched alkanes of at least 4 members (excludes halogenated alkanes) is 43. The number of amides is 1. The van der Waals surface area contributed by atoms with Crippen molar-refractivity contribution in [1.82, 2.24) is 5.32 Å². The molecule has 0 aliphatic carbocycles. The highest BCUT2D eigenvalue weighted by Gasteiger charge is 2.27. The molecule has 0 aromatic heterocycles. The van der Waals surface area contributed by atoms with Crippen LogP contribution in [-0.4, -0.2) is 73.4 Å². The molecular formula is C62H124N2O6P+. The van der Waals surface area contributed by atoms with Gasteiger partial charge in [-0.05, 0) is 32.1 Å². The second kappa shape index (κ2) is 53.8. The number of hydrogen-bond acceptors (Lipinski definition) is 5. The van der Waals surface area contributed by atoms with Crippen LogP contribution in [-0.2, 0) is 18.4 Å². The van der Waals surface area contributed by atoms with Crippen LogP contribution >= 0.6 is 7.82 Å². The molecule has 1 amide bonds. The van der Waals surface area contributed by atoms with Crippen LogP contribution in [0, 0.1) is 0 Å². The smallest absolute Gasteiger partial charge is 0.387 e. The third kappa shape index (κ3) is 56.5. The predicted octanol–water partition coefficient (Wildman–Crippen LogP) is 19.2. The molecule has 9 heteroatoms. The van der Waals surface area contributed by atoms with E-state index in [1.54, 1.807) is 6.08 Å². The average molecular weight is 1020 g/mol. The molecule has 0 bridgehead atoms. The summed E-state index contributed by atoms with van der Waals surface area (Å²) < 4.78 is 23.7. The third-order valence-electron chi connectivity index (χ3n) is 14.4. The molecule has 71 heavy (non-hydrogen) atoms. The van der Waals surface area contributed by atoms with Gasteiger partial charge in [0.15, 0.2) is 0 Å². The Morgan fingerprint density at radius 3 is 1.13 bits per heavy atom. The lowest BCUT2D eigenvalue weighted by atomic mass is 10.0. The topological polar surface area (TPSA) is 105 Å². The zero-order valence-corrected chi connectivity index (χ0v) is 49.1. The van der Waals surface area contributed by atoms with Gasteiger partial charge in [-0.25, -0.2) is 4.57 Å². The molecular weight excluding hydrogens is 900 g/mol. The number of aliphatic hydroxyl groups is 1. The Bertz CT molecular complexity index is 1210. The molecule has 0 aromatic carbocycles. The van der Waals surface area contributed by atoms with Crippen molar-refractivity contribution in [2.24, 2.45) is 0 Å². The van der Waals surface area contributed by atoms with E-state index in [2.05, 4.69) is 31.3 Å². The van der Waals surface area contributed by atoms with Crippen molar-refractivity contribution in [3.8, 4) is 0 Å². The second-order valence-corrected chi connectivity index (χ2v) is 24.2. The number of carbonyl (C=O) groups excluding carboxylic acids is 1. The zero-order chi connectivity index (χ0) is 52.0. The van der Waals surface area contributed by atoms with E-state index in [9.17, 15) is 19.4 Å². The van der Waals surface area contributed by atoms with Crippen LogP contribution in [0.3, 0.4) is 0 Å². The Balaban J connectivity index is 4.17. The van der Waals surface area contributed by atoms with E-state index in [1.807, 2.05) is 27.2 Å². The summed E-state index contributed by atoms with van der Waals surface area (Å²) in [7, 11) is 1.57. The Labute approximate surface area is 443 Å². The minimum Gasteiger partial charge on any atom is -0.387 e. The number of phosphoric ester groups is 1. The SMILES string of the molecule is CCCCCCCCCCCCCCCCCCCCCC/C=C/CC/C=C/C(O)C(COP(=O)(O)OCC[N+](C)(C)C)NC(=O)CCCCCCCCCCCCCCCCCCCCCCCCC. The van der Waals surface area contributed by atoms with E-state index < -0.39 is 20.0 Å². The first-order valence-corrected chi connectivity index (χ1v) is 32.7. The third-order valence-corrected chi connectivity index (χ3v) is 15.4. The monoisotopic (exact) mass is 1020 g/mol. The molecule has 0 aliphatic heterocycles. The highest BCUT2D eigenvalue weighted by molar-refractivity contribution is 7.47. The lowest BCUT2D eigenvalue weighted by Crippen LogP contribution is -2.45. The van der Waals surface area contributed by atoms with Crippen molar-refractivity contribution in [3.63, 3.8) is 0 Å². The van der Waals surface area contributed by atoms with Crippen molar-refractivity contribution in [2.75, 3.05) is 40.9 Å². The molecule has 0 aromatic rings. The van der Waals surface area contributed by atoms with Crippen molar-refractivity contribution in [1.29, 1.82) is 0 Å². The first-order chi connectivity index (χ1) is 34.5. The summed E-state index contributed by atoms with van der Waals surface area (Å²) >= 11 is 0. The Kier molecular flexibility index (Phi) is 53.0. The number of carbonyl (C=O) groups is 1. The molecule has 0 spiro atoms. The summed E-state index contributed by atoms with van der Waals surface area (Å²) in [5.41, 5.74) is 0. The van der Waals surface area contributed by atoms with Crippen LogP contribution < -0.4 is 5.32 Å². The molecule has 422 valence electrons. The van der Waals surface area contributed by atoms with Crippen LogP contribution in [0.1, 0.15) is 316 Å². The van der Waals surface area contributed by atoms with E-state index in [0.29, 0.717) is 17.4 Å². The molecule has 0 heterocycles. The Hall–Kier alpha value is -1.02. The van der Waals surface area contributed by atoms with E-state index >= 15 is 0 Å². The molecule has 8 nitrogen and oxygen atoms in total. The van der Waals surface area contributed by atoms with E-state index in [0.717, 1.165) is 38.5 Å². The summed E-state index contributed by atoms with van der Waals surface area (Å²) in [5, 5.41) is 14.0. The van der Waals surface area contributed by atoms with Gasteiger partial charge in [0, 0.05) is 6.42 Å². The average Bonchev–Trinajstić information content (AvgIpc) is 3.33. The molecule has 0 saturated heterocycles. The highest BCUT2D eigenvalue weighted by Crippen LogP contribution is 2.43. The minimum absolute atomic E-state index is 0.0589. The van der Waals surface area contributed by atoms with Crippen LogP contribution in [0.5, 0.6) is 0 Å². The molecule has 0 fully saturated rings. The molecule has 0 radical (unpaired) electrons. The zero-order valence-electron chi connectivity index (χ0n) is 48.2. The fourth-order valence-electron chi connectivity index (χ4n) is 9.53. The maximum Gasteiger partial charge on any atom is 0.472 e.